The Morgan fingerprint density at radius 1 is 1.15 bits per heavy atom. The van der Waals surface area contributed by atoms with Crippen molar-refractivity contribution in [1.82, 2.24) is 25.5 Å². The van der Waals surface area contributed by atoms with E-state index in [-0.39, 0.29) is 18.3 Å². The molecule has 1 amide bonds. The van der Waals surface area contributed by atoms with Gasteiger partial charge in [-0.3, -0.25) is 4.79 Å². The molecule has 0 radical (unpaired) electrons. The van der Waals surface area contributed by atoms with E-state index >= 15 is 0 Å². The van der Waals surface area contributed by atoms with E-state index in [2.05, 4.69) is 20.8 Å². The molecule has 1 heterocycles. The largest absolute Gasteiger partial charge is 0.497 e. The van der Waals surface area contributed by atoms with Crippen molar-refractivity contribution in [3.8, 4) is 11.4 Å². The molecule has 1 aromatic heterocycles. The number of nitrogens with zero attached hydrogens (tertiary/aromatic N) is 4. The topological polar surface area (TPSA) is 81.9 Å². The van der Waals surface area contributed by atoms with E-state index in [1.807, 2.05) is 24.3 Å². The fourth-order valence-electron chi connectivity index (χ4n) is 2.41. The normalized spacial score (nSPS) is 10.5. The number of carbonyl (C=O) groups is 1. The third-order valence-corrected chi connectivity index (χ3v) is 3.85. The number of aryl methyl sites for hydroxylation is 1. The molecule has 26 heavy (non-hydrogen) atoms. The molecule has 2 aromatic carbocycles. The van der Waals surface area contributed by atoms with E-state index in [0.717, 1.165) is 11.3 Å². The molecule has 1 N–H and O–H groups in total. The molecular formula is C18H18FN5O2. The molecule has 0 unspecified atom stereocenters. The van der Waals surface area contributed by atoms with Crippen LogP contribution in [0.4, 0.5) is 4.39 Å². The van der Waals surface area contributed by atoms with E-state index in [1.165, 1.54) is 16.8 Å². The van der Waals surface area contributed by atoms with Crippen molar-refractivity contribution in [2.24, 2.45) is 0 Å². The van der Waals surface area contributed by atoms with Gasteiger partial charge in [0, 0.05) is 6.42 Å². The van der Waals surface area contributed by atoms with Crippen molar-refractivity contribution in [1.29, 1.82) is 0 Å². The van der Waals surface area contributed by atoms with Crippen molar-refractivity contribution in [3.63, 3.8) is 0 Å². The zero-order valence-corrected chi connectivity index (χ0v) is 14.2. The maximum Gasteiger partial charge on any atom is 0.220 e. The Bertz CT molecular complexity index is 862. The first-order valence-electron chi connectivity index (χ1n) is 8.08. The number of aromatic nitrogens is 4. The van der Waals surface area contributed by atoms with Gasteiger partial charge in [0.05, 0.1) is 19.3 Å². The average Bonchev–Trinajstić information content (AvgIpc) is 3.14. The summed E-state index contributed by atoms with van der Waals surface area (Å²) in [5.74, 6) is 0.810. The number of halogens is 1. The van der Waals surface area contributed by atoms with Gasteiger partial charge in [0.1, 0.15) is 11.6 Å². The molecule has 0 aliphatic rings. The van der Waals surface area contributed by atoms with Gasteiger partial charge in [-0.15, -0.1) is 5.10 Å². The molecule has 3 aromatic rings. The molecule has 0 saturated carbocycles. The first-order chi connectivity index (χ1) is 12.7. The summed E-state index contributed by atoms with van der Waals surface area (Å²) in [4.78, 5) is 12.1. The van der Waals surface area contributed by atoms with Crippen LogP contribution >= 0.6 is 0 Å². The van der Waals surface area contributed by atoms with Crippen molar-refractivity contribution in [2.45, 2.75) is 19.4 Å². The Kier molecular flexibility index (Phi) is 5.52. The Hall–Kier alpha value is -3.29. The number of amides is 1. The summed E-state index contributed by atoms with van der Waals surface area (Å²) in [6, 6.07) is 13.4. The van der Waals surface area contributed by atoms with E-state index in [0.29, 0.717) is 24.4 Å². The number of benzene rings is 2. The van der Waals surface area contributed by atoms with Gasteiger partial charge in [-0.2, -0.15) is 4.68 Å². The maximum atomic E-state index is 13.0. The molecule has 0 fully saturated rings. The predicted molar refractivity (Wildman–Crippen MR) is 92.3 cm³/mol. The van der Waals surface area contributed by atoms with Crippen LogP contribution < -0.4 is 10.1 Å². The smallest absolute Gasteiger partial charge is 0.220 e. The molecule has 3 rings (SSSR count). The van der Waals surface area contributed by atoms with Crippen LogP contribution in [-0.4, -0.2) is 33.2 Å². The second-order valence-electron chi connectivity index (χ2n) is 5.61. The number of nitrogens with one attached hydrogen (secondary N) is 1. The molecule has 0 aliphatic heterocycles. The van der Waals surface area contributed by atoms with Crippen LogP contribution in [-0.2, 0) is 17.8 Å². The lowest BCUT2D eigenvalue weighted by atomic mass is 10.1. The van der Waals surface area contributed by atoms with E-state index in [1.54, 1.807) is 19.2 Å². The number of rotatable bonds is 7. The number of ether oxygens (including phenoxy) is 1. The highest BCUT2D eigenvalue weighted by molar-refractivity contribution is 5.76. The Balaban J connectivity index is 1.53. The van der Waals surface area contributed by atoms with Crippen molar-refractivity contribution >= 4 is 5.91 Å². The molecule has 0 spiro atoms. The third-order valence-electron chi connectivity index (χ3n) is 3.85. The molecule has 8 heteroatoms. The zero-order valence-electron chi connectivity index (χ0n) is 14.2. The molecule has 134 valence electrons. The summed E-state index contributed by atoms with van der Waals surface area (Å²) < 4.78 is 19.6. The lowest BCUT2D eigenvalue weighted by Crippen LogP contribution is -2.25. The van der Waals surface area contributed by atoms with Crippen LogP contribution in [0.25, 0.3) is 5.69 Å². The highest BCUT2D eigenvalue weighted by Gasteiger charge is 2.10. The molecular weight excluding hydrogens is 337 g/mol. The molecule has 0 atom stereocenters. The van der Waals surface area contributed by atoms with Gasteiger partial charge in [0.2, 0.25) is 5.91 Å². The molecule has 0 saturated heterocycles. The summed E-state index contributed by atoms with van der Waals surface area (Å²) in [5.41, 5.74) is 1.68. The SMILES string of the molecule is COc1ccc(CCC(=O)NCc2nnnn2-c2ccc(F)cc2)cc1. The van der Waals surface area contributed by atoms with Crippen LogP contribution in [0, 0.1) is 5.82 Å². The van der Waals surface area contributed by atoms with Crippen molar-refractivity contribution < 1.29 is 13.9 Å². The van der Waals surface area contributed by atoms with Crippen LogP contribution in [0.3, 0.4) is 0 Å². The summed E-state index contributed by atoms with van der Waals surface area (Å²) in [7, 11) is 1.61. The van der Waals surface area contributed by atoms with Gasteiger partial charge >= 0.3 is 0 Å². The first kappa shape index (κ1) is 17.5. The monoisotopic (exact) mass is 355 g/mol. The number of tetrazole rings is 1. The van der Waals surface area contributed by atoms with Gasteiger partial charge in [0.25, 0.3) is 0 Å². The van der Waals surface area contributed by atoms with E-state index in [9.17, 15) is 9.18 Å². The predicted octanol–water partition coefficient (Wildman–Crippen LogP) is 2.06. The highest BCUT2D eigenvalue weighted by atomic mass is 19.1. The lowest BCUT2D eigenvalue weighted by molar-refractivity contribution is -0.121. The minimum absolute atomic E-state index is 0.102. The van der Waals surface area contributed by atoms with Gasteiger partial charge in [-0.1, -0.05) is 12.1 Å². The van der Waals surface area contributed by atoms with Gasteiger partial charge in [-0.05, 0) is 58.8 Å². The average molecular weight is 355 g/mol. The summed E-state index contributed by atoms with van der Waals surface area (Å²) >= 11 is 0. The fourth-order valence-corrected chi connectivity index (χ4v) is 2.41. The summed E-state index contributed by atoms with van der Waals surface area (Å²) in [6.07, 6.45) is 0.975. The Labute approximate surface area is 149 Å². The third kappa shape index (κ3) is 4.41. The number of hydrogen-bond donors (Lipinski definition) is 1. The summed E-state index contributed by atoms with van der Waals surface area (Å²) in [5, 5.41) is 14.2. The van der Waals surface area contributed by atoms with Crippen LogP contribution in [0.1, 0.15) is 17.8 Å². The second-order valence-corrected chi connectivity index (χ2v) is 5.61. The minimum Gasteiger partial charge on any atom is -0.497 e. The standard InChI is InChI=1S/C18H18FN5O2/c1-26-16-9-2-13(3-10-16)4-11-18(25)20-12-17-21-22-23-24(17)15-7-5-14(19)6-8-15/h2-3,5-10H,4,11-12H2,1H3,(H,20,25). The second kappa shape index (κ2) is 8.19. The van der Waals surface area contributed by atoms with E-state index < -0.39 is 0 Å². The van der Waals surface area contributed by atoms with Crippen LogP contribution in [0.5, 0.6) is 5.75 Å². The number of methoxy groups -OCH3 is 1. The Morgan fingerprint density at radius 2 is 1.88 bits per heavy atom. The Morgan fingerprint density at radius 3 is 2.58 bits per heavy atom. The first-order valence-corrected chi connectivity index (χ1v) is 8.08. The quantitative estimate of drug-likeness (QED) is 0.701. The van der Waals surface area contributed by atoms with Gasteiger partial charge in [0.15, 0.2) is 5.82 Å². The van der Waals surface area contributed by atoms with Gasteiger partial charge < -0.3 is 10.1 Å². The number of hydrogen-bond acceptors (Lipinski definition) is 5. The van der Waals surface area contributed by atoms with Crippen molar-refractivity contribution in [2.75, 3.05) is 7.11 Å². The van der Waals surface area contributed by atoms with Crippen LogP contribution in [0.15, 0.2) is 48.5 Å². The van der Waals surface area contributed by atoms with Crippen molar-refractivity contribution in [3.05, 3.63) is 65.7 Å². The molecule has 0 aliphatic carbocycles. The maximum absolute atomic E-state index is 13.0. The number of carbonyl (C=O) groups excluding carboxylic acids is 1. The highest BCUT2D eigenvalue weighted by Crippen LogP contribution is 2.13. The summed E-state index contributed by atoms with van der Waals surface area (Å²) in [6.45, 7) is 0.186. The molecule has 0 bridgehead atoms. The molecule has 7 nitrogen and oxygen atoms in total. The minimum atomic E-state index is -0.338. The van der Waals surface area contributed by atoms with Crippen LogP contribution in [0.2, 0.25) is 0 Å². The van der Waals surface area contributed by atoms with Gasteiger partial charge in [-0.25, -0.2) is 4.39 Å². The zero-order chi connectivity index (χ0) is 18.4. The lowest BCUT2D eigenvalue weighted by Gasteiger charge is -2.07. The fraction of sp³-hybridized carbons (Fsp3) is 0.222. The van der Waals surface area contributed by atoms with E-state index in [4.69, 9.17) is 4.74 Å².